The third-order valence-corrected chi connectivity index (χ3v) is 6.33. The van der Waals surface area contributed by atoms with Gasteiger partial charge in [-0.2, -0.15) is 0 Å². The molecule has 33 heavy (non-hydrogen) atoms. The summed E-state index contributed by atoms with van der Waals surface area (Å²) in [5.41, 5.74) is 5.70. The van der Waals surface area contributed by atoms with Gasteiger partial charge in [-0.25, -0.2) is 15.0 Å². The van der Waals surface area contributed by atoms with Crippen LogP contribution in [0.2, 0.25) is 0 Å². The van der Waals surface area contributed by atoms with Crippen molar-refractivity contribution in [2.75, 3.05) is 0 Å². The zero-order chi connectivity index (χ0) is 23.0. The number of halogens is 1. The summed E-state index contributed by atoms with van der Waals surface area (Å²) in [5.74, 6) is 2.10. The first-order valence-electron chi connectivity index (χ1n) is 11.9. The Kier molecular flexibility index (Phi) is 8.01. The van der Waals surface area contributed by atoms with Crippen LogP contribution in [-0.4, -0.2) is 15.0 Å². The third-order valence-electron chi connectivity index (χ3n) is 5.80. The highest BCUT2D eigenvalue weighted by molar-refractivity contribution is 9.10. The van der Waals surface area contributed by atoms with Gasteiger partial charge in [-0.15, -0.1) is 0 Å². The SMILES string of the molecule is CCCCc1ccc(-c2nc(-c3ccc(Br)cc3)nc(-c3ccc(CCCC)cc3)n2)cc1. The van der Waals surface area contributed by atoms with Crippen LogP contribution in [0.5, 0.6) is 0 Å². The number of unbranched alkanes of at least 4 members (excludes halogenated alkanes) is 2. The van der Waals surface area contributed by atoms with Crippen molar-refractivity contribution in [3.8, 4) is 34.2 Å². The maximum atomic E-state index is 4.87. The van der Waals surface area contributed by atoms with Gasteiger partial charge in [0.2, 0.25) is 0 Å². The van der Waals surface area contributed by atoms with E-state index in [0.717, 1.165) is 34.0 Å². The van der Waals surface area contributed by atoms with Crippen molar-refractivity contribution in [1.82, 2.24) is 15.0 Å². The molecule has 0 N–H and O–H groups in total. The average Bonchev–Trinajstić information content (AvgIpc) is 2.87. The van der Waals surface area contributed by atoms with Crippen molar-refractivity contribution in [3.63, 3.8) is 0 Å². The number of benzene rings is 3. The molecular formula is C29H30BrN3. The zero-order valence-electron chi connectivity index (χ0n) is 19.4. The van der Waals surface area contributed by atoms with Crippen LogP contribution < -0.4 is 0 Å². The molecule has 0 atom stereocenters. The summed E-state index contributed by atoms with van der Waals surface area (Å²) >= 11 is 3.52. The van der Waals surface area contributed by atoms with E-state index in [4.69, 9.17) is 15.0 Å². The van der Waals surface area contributed by atoms with Crippen LogP contribution in [0.15, 0.2) is 77.3 Å². The van der Waals surface area contributed by atoms with E-state index in [0.29, 0.717) is 17.5 Å². The molecule has 0 aliphatic carbocycles. The van der Waals surface area contributed by atoms with E-state index in [1.54, 1.807) is 0 Å². The van der Waals surface area contributed by atoms with Gasteiger partial charge in [0.1, 0.15) is 0 Å². The number of nitrogens with zero attached hydrogens (tertiary/aromatic N) is 3. The topological polar surface area (TPSA) is 38.7 Å². The monoisotopic (exact) mass is 499 g/mol. The molecule has 0 aliphatic rings. The molecule has 168 valence electrons. The summed E-state index contributed by atoms with van der Waals surface area (Å²) in [6.45, 7) is 4.45. The van der Waals surface area contributed by atoms with Gasteiger partial charge in [-0.1, -0.05) is 103 Å². The average molecular weight is 500 g/mol. The minimum Gasteiger partial charge on any atom is -0.208 e. The Morgan fingerprint density at radius 1 is 0.515 bits per heavy atom. The molecule has 0 saturated heterocycles. The Morgan fingerprint density at radius 2 is 0.848 bits per heavy atom. The highest BCUT2D eigenvalue weighted by atomic mass is 79.9. The van der Waals surface area contributed by atoms with Crippen LogP contribution in [-0.2, 0) is 12.8 Å². The number of aryl methyl sites for hydroxylation is 2. The number of hydrogen-bond donors (Lipinski definition) is 0. The quantitative estimate of drug-likeness (QED) is 0.232. The second-order valence-corrected chi connectivity index (χ2v) is 9.33. The van der Waals surface area contributed by atoms with Gasteiger partial charge in [0.25, 0.3) is 0 Å². The van der Waals surface area contributed by atoms with Gasteiger partial charge in [-0.05, 0) is 48.9 Å². The molecule has 0 spiro atoms. The molecule has 0 saturated carbocycles. The van der Waals surface area contributed by atoms with E-state index in [1.807, 2.05) is 24.3 Å². The van der Waals surface area contributed by atoms with Gasteiger partial charge < -0.3 is 0 Å². The minimum absolute atomic E-state index is 0.688. The Hall–Kier alpha value is -2.85. The molecule has 4 heteroatoms. The summed E-state index contributed by atoms with van der Waals surface area (Å²) < 4.78 is 1.03. The molecule has 0 aliphatic heterocycles. The standard InChI is InChI=1S/C29H30BrN3/c1-3-5-7-21-9-13-23(14-10-21)27-31-28(24-15-11-22(12-16-24)8-6-4-2)33-29(32-27)25-17-19-26(30)20-18-25/h9-20H,3-8H2,1-2H3. The fourth-order valence-corrected chi connectivity index (χ4v) is 4.03. The third kappa shape index (κ3) is 6.14. The lowest BCUT2D eigenvalue weighted by Crippen LogP contribution is -2.00. The van der Waals surface area contributed by atoms with E-state index in [2.05, 4.69) is 78.3 Å². The lowest BCUT2D eigenvalue weighted by atomic mass is 10.1. The van der Waals surface area contributed by atoms with Crippen molar-refractivity contribution in [2.24, 2.45) is 0 Å². The second-order valence-electron chi connectivity index (χ2n) is 8.41. The first-order valence-corrected chi connectivity index (χ1v) is 12.7. The molecule has 1 heterocycles. The molecular weight excluding hydrogens is 470 g/mol. The van der Waals surface area contributed by atoms with E-state index < -0.39 is 0 Å². The number of rotatable bonds is 9. The van der Waals surface area contributed by atoms with E-state index in [-0.39, 0.29) is 0 Å². The van der Waals surface area contributed by atoms with Crippen LogP contribution in [0.1, 0.15) is 50.7 Å². The Labute approximate surface area is 205 Å². The van der Waals surface area contributed by atoms with E-state index in [9.17, 15) is 0 Å². The van der Waals surface area contributed by atoms with Gasteiger partial charge in [-0.3, -0.25) is 0 Å². The second kappa shape index (κ2) is 11.3. The van der Waals surface area contributed by atoms with Crippen molar-refractivity contribution in [3.05, 3.63) is 88.4 Å². The number of aromatic nitrogens is 3. The summed E-state index contributed by atoms with van der Waals surface area (Å²) in [4.78, 5) is 14.6. The lowest BCUT2D eigenvalue weighted by Gasteiger charge is -2.09. The van der Waals surface area contributed by atoms with E-state index >= 15 is 0 Å². The maximum absolute atomic E-state index is 4.87. The van der Waals surface area contributed by atoms with Crippen LogP contribution in [0.25, 0.3) is 34.2 Å². The van der Waals surface area contributed by atoms with Crippen molar-refractivity contribution >= 4 is 15.9 Å². The van der Waals surface area contributed by atoms with Crippen LogP contribution in [0.3, 0.4) is 0 Å². The summed E-state index contributed by atoms with van der Waals surface area (Å²) in [6, 6.07) is 25.4. The predicted molar refractivity (Wildman–Crippen MR) is 141 cm³/mol. The van der Waals surface area contributed by atoms with Crippen molar-refractivity contribution in [1.29, 1.82) is 0 Å². The van der Waals surface area contributed by atoms with Gasteiger partial charge in [0.05, 0.1) is 0 Å². The van der Waals surface area contributed by atoms with Gasteiger partial charge >= 0.3 is 0 Å². The van der Waals surface area contributed by atoms with E-state index in [1.165, 1.54) is 36.8 Å². The molecule has 1 aromatic heterocycles. The first-order chi connectivity index (χ1) is 16.2. The van der Waals surface area contributed by atoms with Gasteiger partial charge in [0.15, 0.2) is 17.5 Å². The largest absolute Gasteiger partial charge is 0.208 e. The van der Waals surface area contributed by atoms with Crippen LogP contribution >= 0.6 is 15.9 Å². The summed E-state index contributed by atoms with van der Waals surface area (Å²) in [5, 5.41) is 0. The smallest absolute Gasteiger partial charge is 0.164 e. The molecule has 4 aromatic rings. The van der Waals surface area contributed by atoms with Gasteiger partial charge in [0, 0.05) is 21.2 Å². The summed E-state index contributed by atoms with van der Waals surface area (Å²) in [7, 11) is 0. The predicted octanol–water partition coefficient (Wildman–Crippen LogP) is 8.32. The zero-order valence-corrected chi connectivity index (χ0v) is 21.0. The molecule has 0 radical (unpaired) electrons. The Balaban J connectivity index is 1.73. The molecule has 0 unspecified atom stereocenters. The minimum atomic E-state index is 0.688. The number of hydrogen-bond acceptors (Lipinski definition) is 3. The Morgan fingerprint density at radius 3 is 1.18 bits per heavy atom. The molecule has 3 nitrogen and oxygen atoms in total. The lowest BCUT2D eigenvalue weighted by molar-refractivity contribution is 0.795. The first kappa shape index (κ1) is 23.3. The normalized spacial score (nSPS) is 11.0. The molecule has 3 aromatic carbocycles. The molecule has 0 fully saturated rings. The fourth-order valence-electron chi connectivity index (χ4n) is 3.76. The molecule has 0 amide bonds. The maximum Gasteiger partial charge on any atom is 0.164 e. The van der Waals surface area contributed by atoms with Crippen molar-refractivity contribution in [2.45, 2.75) is 52.4 Å². The van der Waals surface area contributed by atoms with Crippen molar-refractivity contribution < 1.29 is 0 Å². The summed E-state index contributed by atoms with van der Waals surface area (Å²) in [6.07, 6.45) is 7.02. The fraction of sp³-hybridized carbons (Fsp3) is 0.276. The molecule has 4 rings (SSSR count). The van der Waals surface area contributed by atoms with Crippen LogP contribution in [0.4, 0.5) is 0 Å². The van der Waals surface area contributed by atoms with Crippen LogP contribution in [0, 0.1) is 0 Å². The molecule has 0 bridgehead atoms. The highest BCUT2D eigenvalue weighted by Crippen LogP contribution is 2.26. The Bertz CT molecular complexity index is 1100. The highest BCUT2D eigenvalue weighted by Gasteiger charge is 2.12.